The Morgan fingerprint density at radius 3 is 2.41 bits per heavy atom. The second kappa shape index (κ2) is 7.36. The molecule has 0 saturated carbocycles. The van der Waals surface area contributed by atoms with Crippen molar-refractivity contribution in [3.63, 3.8) is 0 Å². The van der Waals surface area contributed by atoms with Gasteiger partial charge in [-0.15, -0.1) is 0 Å². The second-order valence-electron chi connectivity index (χ2n) is 5.21. The Hall–Kier alpha value is -1.94. The summed E-state index contributed by atoms with van der Waals surface area (Å²) in [5.41, 5.74) is 3.36. The molecule has 114 valence electrons. The van der Waals surface area contributed by atoms with E-state index in [0.717, 1.165) is 21.2 Å². The Bertz CT molecular complexity index is 690. The molecule has 0 fully saturated rings. The number of ketones is 1. The van der Waals surface area contributed by atoms with Crippen molar-refractivity contribution in [3.05, 3.63) is 69.2 Å². The Kier molecular flexibility index (Phi) is 5.50. The van der Waals surface area contributed by atoms with Crippen LogP contribution in [-0.4, -0.2) is 18.4 Å². The van der Waals surface area contributed by atoms with Gasteiger partial charge in [-0.25, -0.2) is 0 Å². The summed E-state index contributed by atoms with van der Waals surface area (Å²) in [6.45, 7) is 3.58. The lowest BCUT2D eigenvalue weighted by molar-refractivity contribution is -0.141. The van der Waals surface area contributed by atoms with E-state index < -0.39 is 5.97 Å². The van der Waals surface area contributed by atoms with E-state index in [4.69, 9.17) is 4.74 Å². The molecular formula is C18H17BrO3. The molecule has 0 aliphatic carbocycles. The van der Waals surface area contributed by atoms with Crippen molar-refractivity contribution in [1.82, 2.24) is 0 Å². The lowest BCUT2D eigenvalue weighted by Crippen LogP contribution is -2.16. The molecule has 0 aliphatic rings. The molecule has 3 nitrogen and oxygen atoms in total. The number of ether oxygens (including phenoxy) is 1. The average Bonchev–Trinajstić information content (AvgIpc) is 2.49. The fraction of sp³-hybridized carbons (Fsp3) is 0.222. The van der Waals surface area contributed by atoms with Crippen molar-refractivity contribution in [1.29, 1.82) is 0 Å². The standard InChI is InChI=1S/C18H17BrO3/c1-12-3-4-13(2)16(9-12)17(20)11-22-18(21)10-14-5-7-15(19)8-6-14/h3-9H,10-11H2,1-2H3. The number of benzene rings is 2. The Morgan fingerprint density at radius 1 is 1.05 bits per heavy atom. The average molecular weight is 361 g/mol. The van der Waals surface area contributed by atoms with Crippen LogP contribution >= 0.6 is 15.9 Å². The Balaban J connectivity index is 1.91. The molecule has 0 heterocycles. The van der Waals surface area contributed by atoms with Crippen molar-refractivity contribution >= 4 is 27.7 Å². The van der Waals surface area contributed by atoms with E-state index >= 15 is 0 Å². The van der Waals surface area contributed by atoms with Gasteiger partial charge in [0.25, 0.3) is 0 Å². The van der Waals surface area contributed by atoms with Crippen molar-refractivity contribution in [3.8, 4) is 0 Å². The van der Waals surface area contributed by atoms with Crippen LogP contribution in [0, 0.1) is 13.8 Å². The smallest absolute Gasteiger partial charge is 0.310 e. The molecular weight excluding hydrogens is 344 g/mol. The predicted molar refractivity (Wildman–Crippen MR) is 89.1 cm³/mol. The van der Waals surface area contributed by atoms with Crippen LogP contribution in [0.25, 0.3) is 0 Å². The van der Waals surface area contributed by atoms with Crippen molar-refractivity contribution in [2.24, 2.45) is 0 Å². The number of hydrogen-bond donors (Lipinski definition) is 0. The van der Waals surface area contributed by atoms with E-state index in [9.17, 15) is 9.59 Å². The number of esters is 1. The molecule has 0 amide bonds. The molecule has 0 atom stereocenters. The van der Waals surface area contributed by atoms with Gasteiger partial charge in [-0.05, 0) is 43.2 Å². The van der Waals surface area contributed by atoms with Crippen LogP contribution in [0.4, 0.5) is 0 Å². The monoisotopic (exact) mass is 360 g/mol. The lowest BCUT2D eigenvalue weighted by atomic mass is 10.0. The summed E-state index contributed by atoms with van der Waals surface area (Å²) in [4.78, 5) is 23.9. The van der Waals surface area contributed by atoms with E-state index in [1.165, 1.54) is 0 Å². The topological polar surface area (TPSA) is 43.4 Å². The first-order valence-electron chi connectivity index (χ1n) is 6.96. The van der Waals surface area contributed by atoms with Crippen molar-refractivity contribution in [2.75, 3.05) is 6.61 Å². The Morgan fingerprint density at radius 2 is 1.73 bits per heavy atom. The summed E-state index contributed by atoms with van der Waals surface area (Å²) in [6.07, 6.45) is 0.160. The van der Waals surface area contributed by atoms with Crippen LogP contribution in [0.5, 0.6) is 0 Å². The molecule has 0 saturated heterocycles. The summed E-state index contributed by atoms with van der Waals surface area (Å²) < 4.78 is 6.04. The zero-order valence-electron chi connectivity index (χ0n) is 12.6. The van der Waals surface area contributed by atoms with Gasteiger partial charge in [0.2, 0.25) is 5.78 Å². The summed E-state index contributed by atoms with van der Waals surface area (Å²) in [6, 6.07) is 13.1. The zero-order valence-corrected chi connectivity index (χ0v) is 14.1. The van der Waals surface area contributed by atoms with Crippen LogP contribution in [0.1, 0.15) is 27.0 Å². The normalized spacial score (nSPS) is 10.3. The molecule has 2 aromatic rings. The lowest BCUT2D eigenvalue weighted by Gasteiger charge is -2.07. The third kappa shape index (κ3) is 4.53. The highest BCUT2D eigenvalue weighted by atomic mass is 79.9. The molecule has 0 unspecified atom stereocenters. The Labute approximate surface area is 138 Å². The fourth-order valence-electron chi connectivity index (χ4n) is 2.08. The minimum atomic E-state index is -0.402. The zero-order chi connectivity index (χ0) is 16.1. The van der Waals surface area contributed by atoms with Gasteiger partial charge in [-0.2, -0.15) is 0 Å². The largest absolute Gasteiger partial charge is 0.457 e. The van der Waals surface area contributed by atoms with Gasteiger partial charge in [-0.1, -0.05) is 45.8 Å². The first-order chi connectivity index (χ1) is 10.5. The van der Waals surface area contributed by atoms with Gasteiger partial charge in [0.15, 0.2) is 6.61 Å². The van der Waals surface area contributed by atoms with E-state index in [0.29, 0.717) is 5.56 Å². The van der Waals surface area contributed by atoms with Crippen LogP contribution in [0.3, 0.4) is 0 Å². The highest BCUT2D eigenvalue weighted by molar-refractivity contribution is 9.10. The van der Waals surface area contributed by atoms with E-state index in [-0.39, 0.29) is 18.8 Å². The highest BCUT2D eigenvalue weighted by Gasteiger charge is 2.12. The third-order valence-corrected chi connectivity index (χ3v) is 3.85. The quantitative estimate of drug-likeness (QED) is 0.597. The van der Waals surface area contributed by atoms with Crippen LogP contribution in [0.2, 0.25) is 0 Å². The summed E-state index contributed by atoms with van der Waals surface area (Å²) in [7, 11) is 0. The molecule has 2 rings (SSSR count). The molecule has 22 heavy (non-hydrogen) atoms. The molecule has 0 bridgehead atoms. The number of aryl methyl sites for hydroxylation is 2. The molecule has 0 aromatic heterocycles. The van der Waals surface area contributed by atoms with Gasteiger partial charge < -0.3 is 4.74 Å². The molecule has 0 aliphatic heterocycles. The summed E-state index contributed by atoms with van der Waals surface area (Å²) >= 11 is 3.34. The molecule has 0 radical (unpaired) electrons. The van der Waals surface area contributed by atoms with E-state index in [2.05, 4.69) is 15.9 Å². The number of carbonyl (C=O) groups excluding carboxylic acids is 2. The maximum absolute atomic E-state index is 12.1. The van der Waals surface area contributed by atoms with Gasteiger partial charge >= 0.3 is 5.97 Å². The summed E-state index contributed by atoms with van der Waals surface area (Å²) in [5.74, 6) is -0.577. The molecule has 4 heteroatoms. The van der Waals surface area contributed by atoms with Gasteiger partial charge in [0.1, 0.15) is 0 Å². The number of hydrogen-bond acceptors (Lipinski definition) is 3. The minimum Gasteiger partial charge on any atom is -0.457 e. The maximum Gasteiger partial charge on any atom is 0.310 e. The predicted octanol–water partition coefficient (Wildman–Crippen LogP) is 4.03. The number of carbonyl (C=O) groups is 2. The van der Waals surface area contributed by atoms with Crippen LogP contribution < -0.4 is 0 Å². The number of Topliss-reactive ketones (excluding diaryl/α,β-unsaturated/α-hetero) is 1. The second-order valence-corrected chi connectivity index (χ2v) is 6.12. The molecule has 0 spiro atoms. The molecule has 2 aromatic carbocycles. The van der Waals surface area contributed by atoms with Crippen molar-refractivity contribution < 1.29 is 14.3 Å². The van der Waals surface area contributed by atoms with E-state index in [1.807, 2.05) is 56.3 Å². The SMILES string of the molecule is Cc1ccc(C)c(C(=O)COC(=O)Cc2ccc(Br)cc2)c1. The number of rotatable bonds is 5. The highest BCUT2D eigenvalue weighted by Crippen LogP contribution is 2.13. The maximum atomic E-state index is 12.1. The van der Waals surface area contributed by atoms with Gasteiger partial charge in [0.05, 0.1) is 6.42 Å². The third-order valence-electron chi connectivity index (χ3n) is 3.32. The van der Waals surface area contributed by atoms with Crippen molar-refractivity contribution in [2.45, 2.75) is 20.3 Å². The van der Waals surface area contributed by atoms with Crippen LogP contribution in [0.15, 0.2) is 46.9 Å². The minimum absolute atomic E-state index is 0.160. The van der Waals surface area contributed by atoms with E-state index in [1.54, 1.807) is 0 Å². The molecule has 0 N–H and O–H groups in total. The fourth-order valence-corrected chi connectivity index (χ4v) is 2.34. The summed E-state index contributed by atoms with van der Waals surface area (Å²) in [5, 5.41) is 0. The first-order valence-corrected chi connectivity index (χ1v) is 7.75. The van der Waals surface area contributed by atoms with Gasteiger partial charge in [0, 0.05) is 10.0 Å². The number of halogens is 1. The first kappa shape index (κ1) is 16.4. The van der Waals surface area contributed by atoms with Gasteiger partial charge in [-0.3, -0.25) is 9.59 Å². The van der Waals surface area contributed by atoms with Crippen LogP contribution in [-0.2, 0) is 16.0 Å².